The molecule has 276 valence electrons. The van der Waals surface area contributed by atoms with Crippen LogP contribution in [0.2, 0.25) is 0 Å². The predicted octanol–water partition coefficient (Wildman–Crippen LogP) is 1.75. The molecule has 6 atom stereocenters. The van der Waals surface area contributed by atoms with Crippen molar-refractivity contribution in [3.05, 3.63) is 29.8 Å². The Hall–Kier alpha value is -4.20. The summed E-state index contributed by atoms with van der Waals surface area (Å²) in [4.78, 5) is 76.1. The van der Waals surface area contributed by atoms with Crippen molar-refractivity contribution in [2.45, 2.75) is 124 Å². The summed E-state index contributed by atoms with van der Waals surface area (Å²) in [6.07, 6.45) is 1.75. The third-order valence-corrected chi connectivity index (χ3v) is 8.24. The number of carboxylic acids is 1. The Morgan fingerprint density at radius 3 is 1.96 bits per heavy atom. The average Bonchev–Trinajstić information content (AvgIpc) is 3.04. The number of phenolic OH excluding ortho intramolecular Hbond substituents is 1. The van der Waals surface area contributed by atoms with E-state index in [2.05, 4.69) is 31.9 Å². The molecule has 0 spiro atoms. The molecule has 14 nitrogen and oxygen atoms in total. The molecule has 0 saturated heterocycles. The van der Waals surface area contributed by atoms with Crippen molar-refractivity contribution >= 4 is 35.5 Å². The lowest BCUT2D eigenvalue weighted by molar-refractivity contribution is -0.137. The molecule has 0 bridgehead atoms. The van der Waals surface area contributed by atoms with Crippen LogP contribution >= 0.6 is 0 Å². The Morgan fingerprint density at radius 2 is 1.41 bits per heavy atom. The Kier molecular flexibility index (Phi) is 19.6. The van der Waals surface area contributed by atoms with Gasteiger partial charge in [0, 0.05) is 32.0 Å². The van der Waals surface area contributed by atoms with E-state index in [1.165, 1.54) is 12.1 Å². The molecule has 0 aliphatic rings. The summed E-state index contributed by atoms with van der Waals surface area (Å²) in [6, 6.07) is 2.74. The zero-order valence-corrected chi connectivity index (χ0v) is 30.1. The minimum absolute atomic E-state index is 0.0438. The summed E-state index contributed by atoms with van der Waals surface area (Å²) in [6.45, 7) is 13.3. The molecule has 0 saturated carbocycles. The normalized spacial score (nSPS) is 14.8. The van der Waals surface area contributed by atoms with E-state index in [4.69, 9.17) is 5.11 Å². The fraction of sp³-hybridized carbons (Fsp3) is 0.657. The van der Waals surface area contributed by atoms with Crippen LogP contribution in [0.4, 0.5) is 0 Å². The van der Waals surface area contributed by atoms with Crippen LogP contribution in [0.5, 0.6) is 5.75 Å². The summed E-state index contributed by atoms with van der Waals surface area (Å²) in [7, 11) is 0. The Labute approximate surface area is 290 Å². The number of aromatic hydroxyl groups is 1. The maximum atomic E-state index is 13.7. The molecule has 0 fully saturated rings. The van der Waals surface area contributed by atoms with Gasteiger partial charge >= 0.3 is 5.97 Å². The van der Waals surface area contributed by atoms with Gasteiger partial charge in [0.25, 0.3) is 0 Å². The molecule has 0 aliphatic heterocycles. The second-order valence-corrected chi connectivity index (χ2v) is 12.9. The SMILES string of the molecule is CCC[C@H](NC(=O)[C@@H](NC(=O)CCCC(=O)O)[C@@H](C)CC)C(=O)N[C@H](CN[C@@H](C)C(=O)N[C@H](C(=O)NCC)C(C)C)Cc1ccc(O)cc1. The summed E-state index contributed by atoms with van der Waals surface area (Å²) in [5.41, 5.74) is 0.816. The second kappa shape index (κ2) is 22.4. The van der Waals surface area contributed by atoms with Crippen LogP contribution in [-0.4, -0.2) is 89.0 Å². The number of amides is 5. The first kappa shape index (κ1) is 42.8. The fourth-order valence-electron chi connectivity index (χ4n) is 5.07. The highest BCUT2D eigenvalue weighted by atomic mass is 16.4. The van der Waals surface area contributed by atoms with Crippen molar-refractivity contribution in [1.29, 1.82) is 0 Å². The van der Waals surface area contributed by atoms with Crippen LogP contribution in [0.1, 0.15) is 92.6 Å². The highest BCUT2D eigenvalue weighted by Gasteiger charge is 2.31. The number of nitrogens with one attached hydrogen (secondary N) is 6. The largest absolute Gasteiger partial charge is 0.508 e. The number of carboxylic acid groups (broad SMARTS) is 1. The first-order valence-corrected chi connectivity index (χ1v) is 17.3. The summed E-state index contributed by atoms with van der Waals surface area (Å²) in [5, 5.41) is 35.8. The number of hydrogen-bond donors (Lipinski definition) is 8. The lowest BCUT2D eigenvalue weighted by Crippen LogP contribution is -2.58. The molecule has 8 N–H and O–H groups in total. The number of hydrogen-bond acceptors (Lipinski definition) is 8. The van der Waals surface area contributed by atoms with Crippen LogP contribution in [-0.2, 0) is 35.2 Å². The van der Waals surface area contributed by atoms with Crippen LogP contribution < -0.4 is 31.9 Å². The van der Waals surface area contributed by atoms with Crippen molar-refractivity contribution in [2.75, 3.05) is 13.1 Å². The van der Waals surface area contributed by atoms with Crippen molar-refractivity contribution in [3.63, 3.8) is 0 Å². The van der Waals surface area contributed by atoms with Gasteiger partial charge in [-0.1, -0.05) is 59.6 Å². The van der Waals surface area contributed by atoms with Crippen LogP contribution in [0.25, 0.3) is 0 Å². The second-order valence-electron chi connectivity index (χ2n) is 12.9. The molecule has 14 heteroatoms. The number of carbonyl (C=O) groups is 6. The first-order valence-electron chi connectivity index (χ1n) is 17.3. The Bertz CT molecular complexity index is 1220. The van der Waals surface area contributed by atoms with Crippen LogP contribution in [0, 0.1) is 11.8 Å². The zero-order chi connectivity index (χ0) is 37.1. The standard InChI is InChI=1S/C35H58N6O8/c1-8-12-27(39-35(49)31(22(6)9-2)40-28(43)13-11-14-29(44)45)33(47)38-25(19-24-15-17-26(42)18-16-24)20-37-23(7)32(46)41-30(21(4)5)34(48)36-10-3/h15-18,21-23,25,27,30-31,37,42H,8-14,19-20H2,1-7H3,(H,36,48)(H,38,47)(H,39,49)(H,40,43)(H,41,46)(H,44,45)/t22-,23-,25-,27-,30-,31-/m0/s1. The monoisotopic (exact) mass is 690 g/mol. The third-order valence-electron chi connectivity index (χ3n) is 8.24. The molecule has 1 aromatic carbocycles. The number of aliphatic carboxylic acids is 1. The van der Waals surface area contributed by atoms with Crippen molar-refractivity contribution in [3.8, 4) is 5.75 Å². The third kappa shape index (κ3) is 16.2. The molecular formula is C35H58N6O8. The fourth-order valence-corrected chi connectivity index (χ4v) is 5.07. The molecule has 0 aromatic heterocycles. The van der Waals surface area contributed by atoms with E-state index in [1.807, 2.05) is 34.6 Å². The van der Waals surface area contributed by atoms with Crippen LogP contribution in [0.15, 0.2) is 24.3 Å². The van der Waals surface area contributed by atoms with Gasteiger partial charge < -0.3 is 42.1 Å². The van der Waals surface area contributed by atoms with Gasteiger partial charge in [-0.2, -0.15) is 0 Å². The van der Waals surface area contributed by atoms with Gasteiger partial charge in [-0.05, 0) is 62.6 Å². The van der Waals surface area contributed by atoms with E-state index >= 15 is 0 Å². The Morgan fingerprint density at radius 1 is 0.755 bits per heavy atom. The number of benzene rings is 1. The van der Waals surface area contributed by atoms with Gasteiger partial charge in [0.2, 0.25) is 29.5 Å². The zero-order valence-electron chi connectivity index (χ0n) is 30.1. The maximum Gasteiger partial charge on any atom is 0.303 e. The Balaban J connectivity index is 3.10. The number of likely N-dealkylation sites (N-methyl/N-ethyl adjacent to an activating group) is 1. The van der Waals surface area contributed by atoms with Gasteiger partial charge in [-0.15, -0.1) is 0 Å². The summed E-state index contributed by atoms with van der Waals surface area (Å²) >= 11 is 0. The van der Waals surface area contributed by atoms with Gasteiger partial charge in [-0.3, -0.25) is 28.8 Å². The van der Waals surface area contributed by atoms with Crippen molar-refractivity contribution < 1.29 is 39.0 Å². The summed E-state index contributed by atoms with van der Waals surface area (Å²) in [5.74, 6) is -3.35. The van der Waals surface area contributed by atoms with Crippen LogP contribution in [0.3, 0.4) is 0 Å². The number of phenols is 1. The molecule has 0 aliphatic carbocycles. The predicted molar refractivity (Wildman–Crippen MR) is 186 cm³/mol. The molecule has 1 aromatic rings. The van der Waals surface area contributed by atoms with E-state index in [9.17, 15) is 33.9 Å². The maximum absolute atomic E-state index is 13.7. The topological polar surface area (TPSA) is 215 Å². The minimum atomic E-state index is -1.01. The molecule has 0 heterocycles. The molecular weight excluding hydrogens is 632 g/mol. The van der Waals surface area contributed by atoms with Crippen molar-refractivity contribution in [2.24, 2.45) is 11.8 Å². The van der Waals surface area contributed by atoms with Gasteiger partial charge in [0.15, 0.2) is 0 Å². The van der Waals surface area contributed by atoms with E-state index in [0.717, 1.165) is 5.56 Å². The highest BCUT2D eigenvalue weighted by molar-refractivity contribution is 5.92. The van der Waals surface area contributed by atoms with E-state index in [1.54, 1.807) is 26.0 Å². The molecule has 49 heavy (non-hydrogen) atoms. The molecule has 0 unspecified atom stereocenters. The number of rotatable bonds is 23. The number of carbonyl (C=O) groups excluding carboxylic acids is 5. The summed E-state index contributed by atoms with van der Waals surface area (Å²) < 4.78 is 0. The van der Waals surface area contributed by atoms with Gasteiger partial charge in [0.1, 0.15) is 23.9 Å². The smallest absolute Gasteiger partial charge is 0.303 e. The molecule has 1 rings (SSSR count). The first-order chi connectivity index (χ1) is 23.1. The lowest BCUT2D eigenvalue weighted by Gasteiger charge is -2.28. The molecule has 5 amide bonds. The highest BCUT2D eigenvalue weighted by Crippen LogP contribution is 2.13. The van der Waals surface area contributed by atoms with E-state index < -0.39 is 53.9 Å². The lowest BCUT2D eigenvalue weighted by atomic mass is 9.97. The van der Waals surface area contributed by atoms with Gasteiger partial charge in [-0.25, -0.2) is 0 Å². The van der Waals surface area contributed by atoms with E-state index in [0.29, 0.717) is 32.2 Å². The molecule has 0 radical (unpaired) electrons. The minimum Gasteiger partial charge on any atom is -0.508 e. The van der Waals surface area contributed by atoms with Crippen molar-refractivity contribution in [1.82, 2.24) is 31.9 Å². The average molecular weight is 691 g/mol. The van der Waals surface area contributed by atoms with E-state index in [-0.39, 0.29) is 55.2 Å². The quantitative estimate of drug-likeness (QED) is 0.0838. The van der Waals surface area contributed by atoms with Gasteiger partial charge in [0.05, 0.1) is 6.04 Å².